The van der Waals surface area contributed by atoms with Gasteiger partial charge in [0.1, 0.15) is 17.6 Å². The zero-order valence-electron chi connectivity index (χ0n) is 23.3. The molecule has 220 valence electrons. The Bertz CT molecular complexity index is 1820. The van der Waals surface area contributed by atoms with Gasteiger partial charge in [0.2, 0.25) is 17.7 Å². The molecule has 0 aliphatic carbocycles. The molecule has 0 radical (unpaired) electrons. The van der Waals surface area contributed by atoms with Crippen LogP contribution in [0.1, 0.15) is 21.9 Å². The number of hydrogen-bond acceptors (Lipinski definition) is 8. The smallest absolute Gasteiger partial charge is 0.308 e. The molecule has 1 N–H and O–H groups in total. The molecule has 3 atom stereocenters. The van der Waals surface area contributed by atoms with Crippen LogP contribution in [0.15, 0.2) is 76.6 Å². The number of aryl methyl sites for hydroxylation is 1. The molecule has 0 bridgehead atoms. The molecule has 2 unspecified atom stereocenters. The van der Waals surface area contributed by atoms with Crippen molar-refractivity contribution in [1.82, 2.24) is 4.57 Å². The summed E-state index contributed by atoms with van der Waals surface area (Å²) in [5, 5.41) is 2.40. The van der Waals surface area contributed by atoms with Gasteiger partial charge in [-0.25, -0.2) is 9.29 Å². The van der Waals surface area contributed by atoms with E-state index in [0.717, 1.165) is 33.6 Å². The first kappa shape index (κ1) is 28.7. The average Bonchev–Trinajstić information content (AvgIpc) is 3.43. The molecule has 1 saturated heterocycles. The zero-order chi connectivity index (χ0) is 30.4. The zero-order valence-corrected chi connectivity index (χ0v) is 25.0. The molecule has 1 fully saturated rings. The minimum absolute atomic E-state index is 0.260. The molecule has 6 rings (SSSR count). The van der Waals surface area contributed by atoms with Gasteiger partial charge in [-0.1, -0.05) is 41.3 Å². The third-order valence-electron chi connectivity index (χ3n) is 7.50. The van der Waals surface area contributed by atoms with Crippen LogP contribution in [0.2, 0.25) is 0 Å². The Hall–Kier alpha value is -4.42. The normalized spacial score (nSPS) is 19.2. The van der Waals surface area contributed by atoms with Gasteiger partial charge in [0, 0.05) is 16.5 Å². The van der Waals surface area contributed by atoms with Gasteiger partial charge in [-0.2, -0.15) is 0 Å². The fraction of sp³-hybridized carbons (Fsp3) is 0.226. The maximum absolute atomic E-state index is 14.0. The van der Waals surface area contributed by atoms with Crippen molar-refractivity contribution in [1.29, 1.82) is 0 Å². The fourth-order valence-corrected chi connectivity index (χ4v) is 8.35. The fourth-order valence-electron chi connectivity index (χ4n) is 5.57. The van der Waals surface area contributed by atoms with Crippen molar-refractivity contribution in [2.24, 2.45) is 5.92 Å². The number of ether oxygens (including phenoxy) is 2. The number of nitrogens with zero attached hydrogens (tertiary/aromatic N) is 2. The number of thioether (sulfide) groups is 1. The molecular weight excluding hydrogens is 593 g/mol. The van der Waals surface area contributed by atoms with Crippen LogP contribution < -0.4 is 24.6 Å². The molecule has 3 aromatic carbocycles. The van der Waals surface area contributed by atoms with Gasteiger partial charge in [0.05, 0.1) is 30.9 Å². The van der Waals surface area contributed by atoms with Gasteiger partial charge in [0.25, 0.3) is 0 Å². The summed E-state index contributed by atoms with van der Waals surface area (Å²) in [6.07, 6.45) is 0. The second-order valence-electron chi connectivity index (χ2n) is 10.2. The predicted octanol–water partition coefficient (Wildman–Crippen LogP) is 4.81. The van der Waals surface area contributed by atoms with E-state index in [2.05, 4.69) is 5.32 Å². The lowest BCUT2D eigenvalue weighted by atomic mass is 9.83. The summed E-state index contributed by atoms with van der Waals surface area (Å²) >= 11 is 2.05. The number of carbonyl (C=O) groups excluding carboxylic acids is 3. The molecular formula is C31H26FN3O6S2. The Morgan fingerprint density at radius 3 is 2.40 bits per heavy atom. The third-order valence-corrected chi connectivity index (χ3v) is 10.1. The molecule has 12 heteroatoms. The van der Waals surface area contributed by atoms with Crippen LogP contribution in [0.5, 0.6) is 11.5 Å². The molecule has 43 heavy (non-hydrogen) atoms. The van der Waals surface area contributed by atoms with E-state index >= 15 is 0 Å². The standard InChI is InChI=1S/C31H26FN3O6S2/c1-16-5-4-6-19(13-16)33-23(36)15-34-30-27(43-31(34)39)24(17-7-12-21(40-2)22(14-17)41-3)25-26(42-30)29(38)35(28(25)37)20-10-8-18(32)9-11-20/h4-14,24-26H,15H2,1-3H3,(H,33,36)/t24-,25?,26?/m1/s1. The summed E-state index contributed by atoms with van der Waals surface area (Å²) in [4.78, 5) is 55.6. The number of aromatic nitrogens is 1. The summed E-state index contributed by atoms with van der Waals surface area (Å²) in [6, 6.07) is 17.7. The minimum atomic E-state index is -0.886. The Kier molecular flexibility index (Phi) is 7.57. The second-order valence-corrected chi connectivity index (χ2v) is 12.3. The van der Waals surface area contributed by atoms with E-state index in [1.165, 1.54) is 43.1 Å². The molecule has 3 amide bonds. The number of methoxy groups -OCH3 is 2. The van der Waals surface area contributed by atoms with Crippen molar-refractivity contribution in [3.8, 4) is 11.5 Å². The van der Waals surface area contributed by atoms with E-state index in [0.29, 0.717) is 32.7 Å². The molecule has 2 aliphatic heterocycles. The Morgan fingerprint density at radius 1 is 0.953 bits per heavy atom. The van der Waals surface area contributed by atoms with Crippen molar-refractivity contribution in [2.45, 2.75) is 29.7 Å². The summed E-state index contributed by atoms with van der Waals surface area (Å²) in [6.45, 7) is 1.64. The minimum Gasteiger partial charge on any atom is -0.493 e. The van der Waals surface area contributed by atoms with Gasteiger partial charge in [-0.3, -0.25) is 23.7 Å². The number of fused-ring (bicyclic) bond motifs is 2. The largest absolute Gasteiger partial charge is 0.493 e. The van der Waals surface area contributed by atoms with E-state index in [-0.39, 0.29) is 17.1 Å². The first-order valence-electron chi connectivity index (χ1n) is 13.3. The Morgan fingerprint density at radius 2 is 1.70 bits per heavy atom. The van der Waals surface area contributed by atoms with Gasteiger partial charge in [-0.15, -0.1) is 0 Å². The van der Waals surface area contributed by atoms with Crippen LogP contribution in [-0.2, 0) is 20.9 Å². The van der Waals surface area contributed by atoms with Gasteiger partial charge in [0.15, 0.2) is 11.5 Å². The number of rotatable bonds is 7. The lowest BCUT2D eigenvalue weighted by Crippen LogP contribution is -2.33. The number of amides is 3. The number of imide groups is 1. The average molecular weight is 620 g/mol. The van der Waals surface area contributed by atoms with E-state index < -0.39 is 40.6 Å². The van der Waals surface area contributed by atoms with Crippen molar-refractivity contribution in [2.75, 3.05) is 24.4 Å². The second kappa shape index (κ2) is 11.3. The monoisotopic (exact) mass is 619 g/mol. The van der Waals surface area contributed by atoms with Crippen LogP contribution in [0, 0.1) is 18.7 Å². The number of carbonyl (C=O) groups is 3. The van der Waals surface area contributed by atoms with Gasteiger partial charge in [-0.05, 0) is 66.6 Å². The lowest BCUT2D eigenvalue weighted by molar-refractivity contribution is -0.122. The number of halogens is 1. The number of benzene rings is 3. The quantitative estimate of drug-likeness (QED) is 0.296. The first-order valence-corrected chi connectivity index (χ1v) is 15.0. The van der Waals surface area contributed by atoms with Crippen molar-refractivity contribution < 1.29 is 28.2 Å². The SMILES string of the molecule is COc1ccc([C@H]2c3sc(=O)n(CC(=O)Nc4cccc(C)c4)c3SC3C(=O)N(c4ccc(F)cc4)C(=O)C32)cc1OC. The number of hydrogen-bond donors (Lipinski definition) is 1. The highest BCUT2D eigenvalue weighted by molar-refractivity contribution is 8.00. The predicted molar refractivity (Wildman–Crippen MR) is 162 cm³/mol. The van der Waals surface area contributed by atoms with Crippen LogP contribution >= 0.6 is 23.1 Å². The summed E-state index contributed by atoms with van der Waals surface area (Å²) < 4.78 is 26.0. The van der Waals surface area contributed by atoms with Gasteiger partial charge >= 0.3 is 4.87 Å². The molecule has 2 aliphatic rings. The maximum atomic E-state index is 14.0. The molecule has 9 nitrogen and oxygen atoms in total. The van der Waals surface area contributed by atoms with Crippen molar-refractivity contribution in [3.63, 3.8) is 0 Å². The van der Waals surface area contributed by atoms with Crippen molar-refractivity contribution >= 4 is 52.2 Å². The third kappa shape index (κ3) is 5.10. The summed E-state index contributed by atoms with van der Waals surface area (Å²) in [5.41, 5.74) is 2.48. The highest BCUT2D eigenvalue weighted by Gasteiger charge is 2.57. The lowest BCUT2D eigenvalue weighted by Gasteiger charge is -2.31. The molecule has 1 aromatic heterocycles. The molecule has 3 heterocycles. The number of thiazole rings is 1. The van der Waals surface area contributed by atoms with Crippen LogP contribution in [-0.4, -0.2) is 41.8 Å². The van der Waals surface area contributed by atoms with Crippen LogP contribution in [0.4, 0.5) is 15.8 Å². The first-order chi connectivity index (χ1) is 20.7. The van der Waals surface area contributed by atoms with E-state index in [1.54, 1.807) is 24.3 Å². The highest BCUT2D eigenvalue weighted by Crippen LogP contribution is 2.54. The Labute approximate surface area is 254 Å². The summed E-state index contributed by atoms with van der Waals surface area (Å²) in [7, 11) is 3.01. The van der Waals surface area contributed by atoms with E-state index in [4.69, 9.17) is 9.47 Å². The van der Waals surface area contributed by atoms with Crippen LogP contribution in [0.3, 0.4) is 0 Å². The topological polar surface area (TPSA) is 107 Å². The number of nitrogens with one attached hydrogen (secondary N) is 1. The number of anilines is 2. The Balaban J connectivity index is 1.44. The van der Waals surface area contributed by atoms with E-state index in [9.17, 15) is 23.6 Å². The van der Waals surface area contributed by atoms with Crippen LogP contribution in [0.25, 0.3) is 0 Å². The van der Waals surface area contributed by atoms with Crippen molar-refractivity contribution in [3.05, 3.63) is 98.2 Å². The van der Waals surface area contributed by atoms with Gasteiger partial charge < -0.3 is 14.8 Å². The van der Waals surface area contributed by atoms with E-state index in [1.807, 2.05) is 25.1 Å². The molecule has 0 spiro atoms. The summed E-state index contributed by atoms with van der Waals surface area (Å²) in [5.74, 6) is -2.47. The molecule has 4 aromatic rings. The highest BCUT2D eigenvalue weighted by atomic mass is 32.2. The molecule has 0 saturated carbocycles. The maximum Gasteiger partial charge on any atom is 0.308 e.